The van der Waals surface area contributed by atoms with Crippen LogP contribution in [-0.2, 0) is 44.1 Å². The molecule has 3 aromatic heterocycles. The molecule has 3 aliphatic rings. The van der Waals surface area contributed by atoms with Crippen molar-refractivity contribution in [2.24, 2.45) is 11.8 Å². The molecule has 1 aromatic carbocycles. The molecule has 13 heteroatoms. The van der Waals surface area contributed by atoms with Crippen LogP contribution < -0.4 is 5.32 Å². The molecule has 6 heterocycles. The largest absolute Gasteiger partial charge is 0.467 e. The van der Waals surface area contributed by atoms with Gasteiger partial charge in [0.05, 0.1) is 30.5 Å². The Morgan fingerprint density at radius 1 is 0.981 bits per heavy atom. The molecule has 0 bridgehead atoms. The van der Waals surface area contributed by atoms with E-state index in [0.717, 1.165) is 27.7 Å². The Kier molecular flexibility index (Phi) is 9.69. The second kappa shape index (κ2) is 14.4. The fraction of sp³-hybridized carbons (Fsp3) is 0.462. The quantitative estimate of drug-likeness (QED) is 0.255. The van der Waals surface area contributed by atoms with Crippen LogP contribution in [0.15, 0.2) is 63.8 Å². The molecule has 13 nitrogen and oxygen atoms in total. The fourth-order valence-corrected chi connectivity index (χ4v) is 8.48. The summed E-state index contributed by atoms with van der Waals surface area (Å²) in [5.41, 5.74) is 2.95. The lowest BCUT2D eigenvalue weighted by Gasteiger charge is -2.56. The van der Waals surface area contributed by atoms with E-state index in [1.807, 2.05) is 16.7 Å². The predicted molar refractivity (Wildman–Crippen MR) is 191 cm³/mol. The van der Waals surface area contributed by atoms with Crippen molar-refractivity contribution in [3.63, 3.8) is 0 Å². The number of piperidine rings is 1. The van der Waals surface area contributed by atoms with Gasteiger partial charge in [0, 0.05) is 82.2 Å². The maximum absolute atomic E-state index is 14.9. The third-order valence-electron chi connectivity index (χ3n) is 11.2. The number of furan rings is 2. The summed E-state index contributed by atoms with van der Waals surface area (Å²) in [5.74, 6) is -1.07. The van der Waals surface area contributed by atoms with Crippen molar-refractivity contribution in [2.45, 2.75) is 57.5 Å². The van der Waals surface area contributed by atoms with Crippen LogP contribution in [0.3, 0.4) is 0 Å². The Bertz CT molecular complexity index is 1960. The van der Waals surface area contributed by atoms with Crippen LogP contribution in [0, 0.1) is 11.8 Å². The molecule has 2 fully saturated rings. The molecule has 52 heavy (non-hydrogen) atoms. The van der Waals surface area contributed by atoms with Crippen molar-refractivity contribution >= 4 is 40.4 Å². The summed E-state index contributed by atoms with van der Waals surface area (Å²) in [6.45, 7) is 4.06. The summed E-state index contributed by atoms with van der Waals surface area (Å²) in [4.78, 5) is 78.5. The molecule has 4 aromatic rings. The van der Waals surface area contributed by atoms with Crippen LogP contribution in [-0.4, -0.2) is 101 Å². The topological polar surface area (TPSA) is 152 Å². The van der Waals surface area contributed by atoms with Crippen molar-refractivity contribution in [2.75, 3.05) is 46.8 Å². The zero-order valence-electron chi connectivity index (χ0n) is 30.0. The average molecular weight is 711 g/mol. The molecule has 0 aliphatic carbocycles. The molecule has 5 amide bonds. The first kappa shape index (κ1) is 35.1. The van der Waals surface area contributed by atoms with Crippen LogP contribution in [0.25, 0.3) is 10.9 Å². The van der Waals surface area contributed by atoms with Crippen molar-refractivity contribution in [1.82, 2.24) is 29.9 Å². The molecule has 0 spiro atoms. The lowest BCUT2D eigenvalue weighted by molar-refractivity contribution is -0.167. The average Bonchev–Trinajstić information content (AvgIpc) is 3.95. The fourth-order valence-electron chi connectivity index (χ4n) is 8.48. The highest BCUT2D eigenvalue weighted by molar-refractivity contribution is 5.94. The minimum atomic E-state index is -0.954. The molecule has 0 radical (unpaired) electrons. The molecule has 2 N–H and O–H groups in total. The van der Waals surface area contributed by atoms with E-state index in [0.29, 0.717) is 64.2 Å². The number of hydrogen-bond acceptors (Lipinski definition) is 7. The van der Waals surface area contributed by atoms with Gasteiger partial charge in [0.2, 0.25) is 23.6 Å². The van der Waals surface area contributed by atoms with Gasteiger partial charge < -0.3 is 38.7 Å². The second-order valence-electron chi connectivity index (χ2n) is 14.3. The van der Waals surface area contributed by atoms with Gasteiger partial charge in [-0.25, -0.2) is 0 Å². The predicted octanol–water partition coefficient (Wildman–Crippen LogP) is 3.69. The zero-order chi connectivity index (χ0) is 36.6. The molecule has 3 aliphatic heterocycles. The highest BCUT2D eigenvalue weighted by atomic mass is 16.3. The number of fused-ring (bicyclic) bond motifs is 5. The van der Waals surface area contributed by atoms with Gasteiger partial charge in [-0.2, -0.15) is 0 Å². The summed E-state index contributed by atoms with van der Waals surface area (Å²) in [7, 11) is 3.50. The molecule has 3 atom stereocenters. The van der Waals surface area contributed by atoms with Crippen molar-refractivity contribution in [3.05, 3.63) is 83.3 Å². The van der Waals surface area contributed by atoms with Gasteiger partial charge in [-0.1, -0.05) is 19.1 Å². The van der Waals surface area contributed by atoms with Gasteiger partial charge in [0.15, 0.2) is 5.76 Å². The number of aromatic amines is 1. The van der Waals surface area contributed by atoms with Crippen LogP contribution in [0.4, 0.5) is 0 Å². The monoisotopic (exact) mass is 710 g/mol. The Morgan fingerprint density at radius 2 is 1.73 bits per heavy atom. The Hall–Kier alpha value is -5.33. The molecule has 0 saturated carbocycles. The van der Waals surface area contributed by atoms with Crippen LogP contribution in [0.1, 0.15) is 65.7 Å². The summed E-state index contributed by atoms with van der Waals surface area (Å²) in [6.07, 6.45) is 5.28. The Labute approximate surface area is 302 Å². The number of aromatic nitrogens is 1. The lowest BCUT2D eigenvalue weighted by atomic mass is 9.65. The number of carbonyl (C=O) groups is 5. The van der Waals surface area contributed by atoms with Crippen LogP contribution in [0.5, 0.6) is 0 Å². The summed E-state index contributed by atoms with van der Waals surface area (Å²) < 4.78 is 10.7. The minimum absolute atomic E-state index is 0.0420. The molecular formula is C39H46N6O7. The number of H-pyrrole nitrogens is 1. The van der Waals surface area contributed by atoms with Gasteiger partial charge >= 0.3 is 0 Å². The number of nitrogens with zero attached hydrogens (tertiary/aromatic N) is 4. The van der Waals surface area contributed by atoms with E-state index in [4.69, 9.17) is 8.83 Å². The number of piperazine rings is 1. The maximum Gasteiger partial charge on any atom is 0.289 e. The van der Waals surface area contributed by atoms with E-state index in [1.54, 1.807) is 54.4 Å². The third kappa shape index (κ3) is 6.37. The van der Waals surface area contributed by atoms with Gasteiger partial charge in [-0.15, -0.1) is 0 Å². The number of carbonyl (C=O) groups excluding carboxylic acids is 5. The number of rotatable bonds is 10. The number of hydrogen-bond donors (Lipinski definition) is 2. The molecular weight excluding hydrogens is 664 g/mol. The Morgan fingerprint density at radius 3 is 2.42 bits per heavy atom. The van der Waals surface area contributed by atoms with Gasteiger partial charge in [-0.3, -0.25) is 24.0 Å². The molecule has 7 rings (SSSR count). The van der Waals surface area contributed by atoms with Gasteiger partial charge in [-0.05, 0) is 67.1 Å². The summed E-state index contributed by atoms with van der Waals surface area (Å²) >= 11 is 0. The Balaban J connectivity index is 1.19. The smallest absolute Gasteiger partial charge is 0.289 e. The van der Waals surface area contributed by atoms with E-state index < -0.39 is 17.4 Å². The lowest BCUT2D eigenvalue weighted by Crippen LogP contribution is -2.66. The second-order valence-corrected chi connectivity index (χ2v) is 14.3. The highest BCUT2D eigenvalue weighted by Gasteiger charge is 2.59. The molecule has 274 valence electrons. The third-order valence-corrected chi connectivity index (χ3v) is 11.2. The first-order chi connectivity index (χ1) is 25.1. The number of aryl methyl sites for hydroxylation is 1. The standard InChI is InChI=1S/C39H46N6O7/c1-4-39-30(37(49)43-15-17-44(18-16-43)38(50)32-8-6-20-52-32)22-26(23-33(46)40-24-27-7-5-19-51-27)36(48)45(39)14-13-29-28-11-9-25(10-12-34(47)42(2)3)21-31(28)41-35(29)39/h5-9,11,19-21,26,30,41H,4,10,12-18,22-24H2,1-3H3,(H,40,46)/t26-,30-,39+/m1/s1. The summed E-state index contributed by atoms with van der Waals surface area (Å²) in [5, 5.41) is 3.92. The van der Waals surface area contributed by atoms with E-state index in [2.05, 4.69) is 28.5 Å². The number of nitrogens with one attached hydrogen (secondary N) is 2. The van der Waals surface area contributed by atoms with Crippen LogP contribution in [0.2, 0.25) is 0 Å². The maximum atomic E-state index is 14.9. The number of benzene rings is 1. The van der Waals surface area contributed by atoms with E-state index >= 15 is 0 Å². The first-order valence-electron chi connectivity index (χ1n) is 18.2. The van der Waals surface area contributed by atoms with Crippen molar-refractivity contribution in [1.29, 1.82) is 0 Å². The molecule has 2 saturated heterocycles. The van der Waals surface area contributed by atoms with E-state index in [-0.39, 0.29) is 54.7 Å². The summed E-state index contributed by atoms with van der Waals surface area (Å²) in [6, 6.07) is 13.1. The number of amides is 5. The minimum Gasteiger partial charge on any atom is -0.467 e. The van der Waals surface area contributed by atoms with E-state index in [1.165, 1.54) is 6.26 Å². The van der Waals surface area contributed by atoms with Crippen molar-refractivity contribution < 1.29 is 32.8 Å². The van der Waals surface area contributed by atoms with Crippen molar-refractivity contribution in [3.8, 4) is 0 Å². The van der Waals surface area contributed by atoms with Crippen LogP contribution >= 0.6 is 0 Å². The first-order valence-corrected chi connectivity index (χ1v) is 18.2. The van der Waals surface area contributed by atoms with E-state index in [9.17, 15) is 24.0 Å². The highest BCUT2D eigenvalue weighted by Crippen LogP contribution is 2.52. The SMILES string of the molecule is CC[C@]12c3[nH]c4cc(CCC(=O)N(C)C)ccc4c3CCN1C(=O)[C@@H](CC(=O)NCc1ccco1)C[C@@H]2C(=O)N1CCN(C(=O)c2ccco2)CC1. The zero-order valence-corrected chi connectivity index (χ0v) is 30.0. The molecule has 0 unspecified atom stereocenters. The van der Waals surface area contributed by atoms with Gasteiger partial charge in [0.1, 0.15) is 5.76 Å². The normalized spacial score (nSPS) is 21.5. The van der Waals surface area contributed by atoms with Gasteiger partial charge in [0.25, 0.3) is 5.91 Å².